The van der Waals surface area contributed by atoms with Crippen LogP contribution in [0.5, 0.6) is 0 Å². The molecule has 0 fully saturated rings. The van der Waals surface area contributed by atoms with Crippen molar-refractivity contribution in [3.63, 3.8) is 0 Å². The summed E-state index contributed by atoms with van der Waals surface area (Å²) in [4.78, 5) is 21.9. The average Bonchev–Trinajstić information content (AvgIpc) is 3.15. The van der Waals surface area contributed by atoms with Gasteiger partial charge in [0.1, 0.15) is 11.7 Å². The third kappa shape index (κ3) is 3.42. The van der Waals surface area contributed by atoms with Gasteiger partial charge in [0, 0.05) is 5.71 Å². The van der Waals surface area contributed by atoms with E-state index in [9.17, 15) is 9.18 Å². The van der Waals surface area contributed by atoms with Crippen molar-refractivity contribution in [3.8, 4) is 0 Å². The van der Waals surface area contributed by atoms with Gasteiger partial charge in [0.25, 0.3) is 5.91 Å². The SMILES string of the molecule is CC1=Nc2ccccc2N=C(NC(=O)c2ccco2)[C@H]1c1ccc(F)cc1. The molecule has 1 aliphatic rings. The molecule has 1 amide bonds. The minimum absolute atomic E-state index is 0.183. The van der Waals surface area contributed by atoms with E-state index in [4.69, 9.17) is 4.42 Å². The van der Waals surface area contributed by atoms with E-state index in [0.29, 0.717) is 17.2 Å². The Morgan fingerprint density at radius 1 is 1.00 bits per heavy atom. The highest BCUT2D eigenvalue weighted by molar-refractivity contribution is 6.18. The average molecular weight is 361 g/mol. The number of carbonyl (C=O) groups excluding carboxylic acids is 1. The van der Waals surface area contributed by atoms with Gasteiger partial charge in [-0.05, 0) is 48.9 Å². The molecule has 1 atom stereocenters. The molecule has 0 saturated carbocycles. The first-order valence-electron chi connectivity index (χ1n) is 8.45. The summed E-state index contributed by atoms with van der Waals surface area (Å²) in [6, 6.07) is 16.8. The van der Waals surface area contributed by atoms with Crippen LogP contribution in [0, 0.1) is 5.82 Å². The van der Waals surface area contributed by atoms with Gasteiger partial charge in [-0.25, -0.2) is 9.38 Å². The molecule has 4 rings (SSSR count). The van der Waals surface area contributed by atoms with Gasteiger partial charge in [0.15, 0.2) is 5.76 Å². The van der Waals surface area contributed by atoms with Crippen molar-refractivity contribution in [2.75, 3.05) is 0 Å². The van der Waals surface area contributed by atoms with Crippen LogP contribution in [0.1, 0.15) is 29.0 Å². The lowest BCUT2D eigenvalue weighted by molar-refractivity contribution is 0.0949. The highest BCUT2D eigenvalue weighted by Gasteiger charge is 2.27. The molecule has 0 bridgehead atoms. The number of furan rings is 1. The number of amides is 1. The maximum atomic E-state index is 13.4. The molecular weight excluding hydrogens is 345 g/mol. The fraction of sp³-hybridized carbons (Fsp3) is 0.0952. The van der Waals surface area contributed by atoms with Gasteiger partial charge in [0.2, 0.25) is 0 Å². The van der Waals surface area contributed by atoms with Crippen LogP contribution in [-0.4, -0.2) is 17.5 Å². The van der Waals surface area contributed by atoms with E-state index in [1.54, 1.807) is 24.3 Å². The number of rotatable bonds is 2. The first kappa shape index (κ1) is 16.9. The van der Waals surface area contributed by atoms with E-state index in [0.717, 1.165) is 11.3 Å². The standard InChI is InChI=1S/C21H16FN3O2/c1-13-19(14-8-10-15(22)11-9-14)20(25-21(26)18-7-4-12-27-18)24-17-6-3-2-5-16(17)23-13/h2-12,19H,1H3,(H,24,25,26)/t19-/m1/s1. The fourth-order valence-corrected chi connectivity index (χ4v) is 3.04. The summed E-state index contributed by atoms with van der Waals surface area (Å²) in [6.07, 6.45) is 1.43. The lowest BCUT2D eigenvalue weighted by atomic mass is 9.93. The van der Waals surface area contributed by atoms with Crippen LogP contribution < -0.4 is 5.32 Å². The molecular formula is C21H16FN3O2. The third-order valence-electron chi connectivity index (χ3n) is 4.30. The van der Waals surface area contributed by atoms with Crippen LogP contribution in [0.3, 0.4) is 0 Å². The van der Waals surface area contributed by atoms with E-state index in [2.05, 4.69) is 15.3 Å². The Hall–Kier alpha value is -3.54. The van der Waals surface area contributed by atoms with Crippen molar-refractivity contribution in [2.45, 2.75) is 12.8 Å². The smallest absolute Gasteiger partial charge is 0.292 e. The molecule has 2 aromatic carbocycles. The summed E-state index contributed by atoms with van der Waals surface area (Å²) in [5.41, 5.74) is 2.88. The van der Waals surface area contributed by atoms with Crippen molar-refractivity contribution < 1.29 is 13.6 Å². The second-order valence-corrected chi connectivity index (χ2v) is 6.15. The predicted octanol–water partition coefficient (Wildman–Crippen LogP) is 4.77. The molecule has 1 N–H and O–H groups in total. The fourth-order valence-electron chi connectivity index (χ4n) is 3.04. The Kier molecular flexibility index (Phi) is 4.38. The first-order chi connectivity index (χ1) is 13.1. The number of nitrogens with zero attached hydrogens (tertiary/aromatic N) is 2. The lowest BCUT2D eigenvalue weighted by Gasteiger charge is -2.19. The molecule has 134 valence electrons. The number of hydrogen-bond donors (Lipinski definition) is 1. The molecule has 27 heavy (non-hydrogen) atoms. The van der Waals surface area contributed by atoms with E-state index in [1.165, 1.54) is 18.4 Å². The minimum atomic E-state index is -0.420. The normalized spacial score (nSPS) is 16.0. The molecule has 0 unspecified atom stereocenters. The number of amidine groups is 1. The Morgan fingerprint density at radius 2 is 1.70 bits per heavy atom. The van der Waals surface area contributed by atoms with E-state index >= 15 is 0 Å². The van der Waals surface area contributed by atoms with Crippen LogP contribution in [0.15, 0.2) is 81.3 Å². The largest absolute Gasteiger partial charge is 0.459 e. The van der Waals surface area contributed by atoms with Gasteiger partial charge in [-0.15, -0.1) is 0 Å². The molecule has 0 aliphatic carbocycles. The molecule has 0 radical (unpaired) electrons. The van der Waals surface area contributed by atoms with Gasteiger partial charge in [-0.3, -0.25) is 9.79 Å². The van der Waals surface area contributed by atoms with Gasteiger partial charge < -0.3 is 9.73 Å². The van der Waals surface area contributed by atoms with E-state index in [1.807, 2.05) is 31.2 Å². The van der Waals surface area contributed by atoms with Crippen molar-refractivity contribution >= 4 is 28.8 Å². The highest BCUT2D eigenvalue weighted by atomic mass is 19.1. The zero-order valence-electron chi connectivity index (χ0n) is 14.5. The van der Waals surface area contributed by atoms with Crippen LogP contribution >= 0.6 is 0 Å². The molecule has 6 heteroatoms. The number of benzene rings is 2. The summed E-state index contributed by atoms with van der Waals surface area (Å²) in [5.74, 6) is -0.560. The Bertz CT molecular complexity index is 1040. The number of nitrogens with one attached hydrogen (secondary N) is 1. The van der Waals surface area contributed by atoms with E-state index in [-0.39, 0.29) is 11.6 Å². The summed E-state index contributed by atoms with van der Waals surface area (Å²) in [7, 11) is 0. The topological polar surface area (TPSA) is 67.0 Å². The molecule has 0 spiro atoms. The molecule has 5 nitrogen and oxygen atoms in total. The number of fused-ring (bicyclic) bond motifs is 1. The third-order valence-corrected chi connectivity index (χ3v) is 4.30. The van der Waals surface area contributed by atoms with Crippen molar-refractivity contribution in [3.05, 3.63) is 84.1 Å². The van der Waals surface area contributed by atoms with Crippen LogP contribution in [0.25, 0.3) is 0 Å². The zero-order valence-corrected chi connectivity index (χ0v) is 14.5. The number of halogens is 1. The molecule has 1 aliphatic heterocycles. The van der Waals surface area contributed by atoms with Crippen LogP contribution in [0.4, 0.5) is 15.8 Å². The highest BCUT2D eigenvalue weighted by Crippen LogP contribution is 2.34. The quantitative estimate of drug-likeness (QED) is 0.714. The summed E-state index contributed by atoms with van der Waals surface area (Å²) in [6.45, 7) is 1.87. The van der Waals surface area contributed by atoms with Gasteiger partial charge in [-0.2, -0.15) is 0 Å². The number of hydrogen-bond acceptors (Lipinski definition) is 4. The maximum absolute atomic E-state index is 13.4. The van der Waals surface area contributed by atoms with Gasteiger partial charge in [0.05, 0.1) is 23.6 Å². The molecule has 2 heterocycles. The monoisotopic (exact) mass is 361 g/mol. The second kappa shape index (κ2) is 6.99. The second-order valence-electron chi connectivity index (χ2n) is 6.15. The predicted molar refractivity (Wildman–Crippen MR) is 102 cm³/mol. The first-order valence-corrected chi connectivity index (χ1v) is 8.45. The van der Waals surface area contributed by atoms with Gasteiger partial charge >= 0.3 is 0 Å². The summed E-state index contributed by atoms with van der Waals surface area (Å²) in [5, 5.41) is 2.84. The Morgan fingerprint density at radius 3 is 2.37 bits per heavy atom. The lowest BCUT2D eigenvalue weighted by Crippen LogP contribution is -2.37. The molecule has 1 aromatic heterocycles. The van der Waals surface area contributed by atoms with Crippen molar-refractivity contribution in [1.82, 2.24) is 5.32 Å². The number of carbonyl (C=O) groups is 1. The maximum Gasteiger partial charge on any atom is 0.292 e. The molecule has 3 aromatic rings. The van der Waals surface area contributed by atoms with Gasteiger partial charge in [-0.1, -0.05) is 24.3 Å². The minimum Gasteiger partial charge on any atom is -0.459 e. The van der Waals surface area contributed by atoms with Crippen LogP contribution in [-0.2, 0) is 0 Å². The number of aliphatic imine (C=N–C) groups is 2. The van der Waals surface area contributed by atoms with Crippen molar-refractivity contribution in [2.24, 2.45) is 9.98 Å². The molecule has 0 saturated heterocycles. The summed E-state index contributed by atoms with van der Waals surface area (Å²) >= 11 is 0. The summed E-state index contributed by atoms with van der Waals surface area (Å²) < 4.78 is 18.6. The van der Waals surface area contributed by atoms with Crippen LogP contribution in [0.2, 0.25) is 0 Å². The Balaban J connectivity index is 1.81. The van der Waals surface area contributed by atoms with E-state index < -0.39 is 11.8 Å². The Labute approximate surface area is 155 Å². The number of para-hydroxylation sites is 2. The van der Waals surface area contributed by atoms with Crippen molar-refractivity contribution in [1.29, 1.82) is 0 Å². The zero-order chi connectivity index (χ0) is 18.8.